The lowest BCUT2D eigenvalue weighted by atomic mass is 10.0. The van der Waals surface area contributed by atoms with Crippen molar-refractivity contribution in [3.8, 4) is 17.2 Å². The van der Waals surface area contributed by atoms with Gasteiger partial charge in [0, 0.05) is 11.1 Å². The first-order valence-electron chi connectivity index (χ1n) is 7.69. The fourth-order valence-corrected chi connectivity index (χ4v) is 2.33. The van der Waals surface area contributed by atoms with E-state index in [0.29, 0.717) is 22.6 Å². The lowest BCUT2D eigenvalue weighted by Gasteiger charge is -2.07. The minimum Gasteiger partial charge on any atom is -0.497 e. The van der Waals surface area contributed by atoms with Crippen molar-refractivity contribution in [3.63, 3.8) is 0 Å². The van der Waals surface area contributed by atoms with Gasteiger partial charge in [-0.15, -0.1) is 0 Å². The van der Waals surface area contributed by atoms with Crippen LogP contribution >= 0.6 is 0 Å². The van der Waals surface area contributed by atoms with Gasteiger partial charge in [-0.25, -0.2) is 0 Å². The number of carbonyl (C=O) groups is 1. The van der Waals surface area contributed by atoms with E-state index in [2.05, 4.69) is 0 Å². The number of hydrogen-bond acceptors (Lipinski definition) is 3. The van der Waals surface area contributed by atoms with E-state index in [0.717, 1.165) is 11.3 Å². The van der Waals surface area contributed by atoms with Crippen molar-refractivity contribution < 1.29 is 14.3 Å². The highest BCUT2D eigenvalue weighted by atomic mass is 16.5. The molecule has 3 aromatic carbocycles. The van der Waals surface area contributed by atoms with Gasteiger partial charge < -0.3 is 9.47 Å². The number of hydrogen-bond donors (Lipinski definition) is 0. The summed E-state index contributed by atoms with van der Waals surface area (Å²) in [6.45, 7) is 2.00. The Balaban J connectivity index is 1.72. The molecule has 0 radical (unpaired) electrons. The highest BCUT2D eigenvalue weighted by Gasteiger charge is 2.09. The van der Waals surface area contributed by atoms with Gasteiger partial charge in [0.05, 0.1) is 7.11 Å². The van der Waals surface area contributed by atoms with Crippen molar-refractivity contribution in [2.45, 2.75) is 6.92 Å². The van der Waals surface area contributed by atoms with Crippen molar-refractivity contribution in [2.24, 2.45) is 0 Å². The van der Waals surface area contributed by atoms with Crippen LogP contribution in [0.1, 0.15) is 21.5 Å². The molecule has 0 bridgehead atoms. The van der Waals surface area contributed by atoms with E-state index >= 15 is 0 Å². The first-order chi connectivity index (χ1) is 11.7. The maximum absolute atomic E-state index is 12.4. The SMILES string of the molecule is COc1ccc(Oc2ccc(C(=O)c3ccc(C)cc3)cc2)cc1. The topological polar surface area (TPSA) is 35.5 Å². The first-order valence-corrected chi connectivity index (χ1v) is 7.69. The zero-order valence-electron chi connectivity index (χ0n) is 13.7. The summed E-state index contributed by atoms with van der Waals surface area (Å²) in [4.78, 5) is 12.4. The van der Waals surface area contributed by atoms with Crippen molar-refractivity contribution >= 4 is 5.78 Å². The maximum Gasteiger partial charge on any atom is 0.193 e. The van der Waals surface area contributed by atoms with Gasteiger partial charge in [-0.05, 0) is 55.5 Å². The Bertz CT molecular complexity index is 816. The highest BCUT2D eigenvalue weighted by Crippen LogP contribution is 2.24. The lowest BCUT2D eigenvalue weighted by molar-refractivity contribution is 0.103. The third-order valence-corrected chi connectivity index (χ3v) is 3.73. The molecule has 0 heterocycles. The largest absolute Gasteiger partial charge is 0.497 e. The Hall–Kier alpha value is -3.07. The Labute approximate surface area is 141 Å². The summed E-state index contributed by atoms with van der Waals surface area (Å²) in [6.07, 6.45) is 0. The molecule has 0 aliphatic heterocycles. The summed E-state index contributed by atoms with van der Waals surface area (Å²) >= 11 is 0. The third-order valence-electron chi connectivity index (χ3n) is 3.73. The zero-order chi connectivity index (χ0) is 16.9. The lowest BCUT2D eigenvalue weighted by Crippen LogP contribution is -2.00. The molecule has 3 aromatic rings. The Morgan fingerprint density at radius 1 is 0.667 bits per heavy atom. The minimum atomic E-state index is 0.00555. The normalized spacial score (nSPS) is 10.2. The average Bonchev–Trinajstić information content (AvgIpc) is 2.63. The number of rotatable bonds is 5. The summed E-state index contributed by atoms with van der Waals surface area (Å²) < 4.78 is 10.9. The van der Waals surface area contributed by atoms with Gasteiger partial charge in [-0.2, -0.15) is 0 Å². The molecule has 24 heavy (non-hydrogen) atoms. The average molecular weight is 318 g/mol. The van der Waals surface area contributed by atoms with Gasteiger partial charge in [0.25, 0.3) is 0 Å². The monoisotopic (exact) mass is 318 g/mol. The molecule has 0 aliphatic rings. The number of ether oxygens (including phenoxy) is 2. The van der Waals surface area contributed by atoms with Crippen molar-refractivity contribution in [2.75, 3.05) is 7.11 Å². The van der Waals surface area contributed by atoms with E-state index < -0.39 is 0 Å². The molecule has 0 atom stereocenters. The number of carbonyl (C=O) groups excluding carboxylic acids is 1. The quantitative estimate of drug-likeness (QED) is 0.619. The molecule has 120 valence electrons. The summed E-state index contributed by atoms with van der Waals surface area (Å²) in [5.41, 5.74) is 2.46. The van der Waals surface area contributed by atoms with E-state index in [-0.39, 0.29) is 5.78 Å². The molecule has 0 aromatic heterocycles. The summed E-state index contributed by atoms with van der Waals surface area (Å²) in [5, 5.41) is 0. The maximum atomic E-state index is 12.4. The first kappa shape index (κ1) is 15.8. The number of ketones is 1. The molecule has 0 fully saturated rings. The van der Waals surface area contributed by atoms with Crippen LogP contribution in [0.4, 0.5) is 0 Å². The predicted molar refractivity (Wildman–Crippen MR) is 94.1 cm³/mol. The third kappa shape index (κ3) is 3.63. The summed E-state index contributed by atoms with van der Waals surface area (Å²) in [5.74, 6) is 2.18. The van der Waals surface area contributed by atoms with Gasteiger partial charge in [0.15, 0.2) is 5.78 Å². The van der Waals surface area contributed by atoms with Crippen molar-refractivity contribution in [3.05, 3.63) is 89.5 Å². The van der Waals surface area contributed by atoms with Crippen LogP contribution < -0.4 is 9.47 Å². The van der Waals surface area contributed by atoms with Crippen LogP contribution in [0.25, 0.3) is 0 Å². The Morgan fingerprint density at radius 2 is 1.08 bits per heavy atom. The molecule has 0 N–H and O–H groups in total. The molecule has 0 unspecified atom stereocenters. The highest BCUT2D eigenvalue weighted by molar-refractivity contribution is 6.09. The molecule has 3 heteroatoms. The van der Waals surface area contributed by atoms with Gasteiger partial charge >= 0.3 is 0 Å². The van der Waals surface area contributed by atoms with Crippen LogP contribution in [0, 0.1) is 6.92 Å². The summed E-state index contributed by atoms with van der Waals surface area (Å²) in [7, 11) is 1.62. The van der Waals surface area contributed by atoms with Gasteiger partial charge in [0.2, 0.25) is 0 Å². The fourth-order valence-electron chi connectivity index (χ4n) is 2.33. The van der Waals surface area contributed by atoms with E-state index in [1.54, 1.807) is 31.4 Å². The van der Waals surface area contributed by atoms with Crippen LogP contribution in [-0.2, 0) is 0 Å². The zero-order valence-corrected chi connectivity index (χ0v) is 13.7. The van der Waals surface area contributed by atoms with Crippen LogP contribution in [0.5, 0.6) is 17.2 Å². The molecular weight excluding hydrogens is 300 g/mol. The predicted octanol–water partition coefficient (Wildman–Crippen LogP) is 5.03. The second-order valence-electron chi connectivity index (χ2n) is 5.50. The molecule has 0 aliphatic carbocycles. The van der Waals surface area contributed by atoms with Gasteiger partial charge in [-0.1, -0.05) is 29.8 Å². The molecule has 0 saturated heterocycles. The molecule has 3 rings (SSSR count). The molecular formula is C21H18O3. The van der Waals surface area contributed by atoms with E-state index in [1.165, 1.54) is 0 Å². The fraction of sp³-hybridized carbons (Fsp3) is 0.0952. The van der Waals surface area contributed by atoms with Crippen LogP contribution in [0.15, 0.2) is 72.8 Å². The Morgan fingerprint density at radius 3 is 1.58 bits per heavy atom. The molecule has 3 nitrogen and oxygen atoms in total. The van der Waals surface area contributed by atoms with E-state index in [1.807, 2.05) is 55.5 Å². The second-order valence-corrected chi connectivity index (χ2v) is 5.50. The van der Waals surface area contributed by atoms with Gasteiger partial charge in [-0.3, -0.25) is 4.79 Å². The standard InChI is InChI=1S/C21H18O3/c1-15-3-5-16(6-4-15)21(22)17-7-9-19(10-8-17)24-20-13-11-18(23-2)12-14-20/h3-14H,1-2H3. The molecule has 0 saturated carbocycles. The Kier molecular flexibility index (Phi) is 4.62. The summed E-state index contributed by atoms with van der Waals surface area (Å²) in [6, 6.07) is 22.1. The van der Waals surface area contributed by atoms with E-state index in [4.69, 9.17) is 9.47 Å². The van der Waals surface area contributed by atoms with Crippen LogP contribution in [0.2, 0.25) is 0 Å². The van der Waals surface area contributed by atoms with Crippen molar-refractivity contribution in [1.82, 2.24) is 0 Å². The number of aryl methyl sites for hydroxylation is 1. The molecule has 0 spiro atoms. The second kappa shape index (κ2) is 7.01. The number of benzene rings is 3. The van der Waals surface area contributed by atoms with Crippen LogP contribution in [-0.4, -0.2) is 12.9 Å². The van der Waals surface area contributed by atoms with Crippen molar-refractivity contribution in [1.29, 1.82) is 0 Å². The minimum absolute atomic E-state index is 0.00555. The molecule has 0 amide bonds. The number of methoxy groups -OCH3 is 1. The van der Waals surface area contributed by atoms with Crippen LogP contribution in [0.3, 0.4) is 0 Å². The van der Waals surface area contributed by atoms with E-state index in [9.17, 15) is 4.79 Å². The van der Waals surface area contributed by atoms with Gasteiger partial charge in [0.1, 0.15) is 17.2 Å². The smallest absolute Gasteiger partial charge is 0.193 e.